The van der Waals surface area contributed by atoms with Crippen LogP contribution in [0.1, 0.15) is 31.0 Å². The highest BCUT2D eigenvalue weighted by Crippen LogP contribution is 2.52. The molecule has 6 atom stereocenters. The van der Waals surface area contributed by atoms with E-state index in [2.05, 4.69) is 4.98 Å². The van der Waals surface area contributed by atoms with E-state index in [1.165, 1.54) is 6.07 Å². The molecule has 2 aliphatic heterocycles. The van der Waals surface area contributed by atoms with Gasteiger partial charge in [0.2, 0.25) is 0 Å². The lowest BCUT2D eigenvalue weighted by Crippen LogP contribution is -2.47. The van der Waals surface area contributed by atoms with E-state index in [1.807, 2.05) is 19.1 Å². The highest BCUT2D eigenvalue weighted by Gasteiger charge is 2.55. The summed E-state index contributed by atoms with van der Waals surface area (Å²) in [6.07, 6.45) is 1.89. The number of halogens is 3. The number of ether oxygens (including phenoxy) is 1. The summed E-state index contributed by atoms with van der Waals surface area (Å²) in [7, 11) is -3.11. The van der Waals surface area contributed by atoms with Gasteiger partial charge in [0.15, 0.2) is 9.84 Å². The zero-order valence-electron chi connectivity index (χ0n) is 19.1. The first kappa shape index (κ1) is 24.0. The maximum atomic E-state index is 13.0. The number of carbonyl (C=O) groups excluding carboxylic acids is 1. The average molecular weight is 506 g/mol. The lowest BCUT2D eigenvalue weighted by molar-refractivity contribution is -0.144. The lowest BCUT2D eigenvalue weighted by atomic mass is 9.60. The van der Waals surface area contributed by atoms with Crippen LogP contribution in [-0.4, -0.2) is 37.0 Å². The third-order valence-electron chi connectivity index (χ3n) is 7.74. The summed E-state index contributed by atoms with van der Waals surface area (Å²) in [5, 5.41) is 0. The molecule has 9 heteroatoms. The number of cyclic esters (lactones) is 1. The number of benzene rings is 1. The fourth-order valence-corrected chi connectivity index (χ4v) is 7.98. The largest absolute Gasteiger partial charge is 0.462 e. The SMILES string of the molecule is CC1OC(=O)C2CC3CS(=O)(=O)CCC3C(/C=C/c3ccc(-c4cccc(C(F)(F)F)c4)cn3)C12. The Kier molecular flexibility index (Phi) is 6.02. The second-order valence-corrected chi connectivity index (χ2v) is 12.1. The van der Waals surface area contributed by atoms with Crippen molar-refractivity contribution >= 4 is 21.9 Å². The Balaban J connectivity index is 1.39. The molecule has 2 saturated heterocycles. The van der Waals surface area contributed by atoms with Gasteiger partial charge in [-0.25, -0.2) is 8.42 Å². The molecular weight excluding hydrogens is 479 g/mol. The van der Waals surface area contributed by atoms with Crippen LogP contribution in [0.5, 0.6) is 0 Å². The van der Waals surface area contributed by atoms with Gasteiger partial charge < -0.3 is 4.74 Å². The van der Waals surface area contributed by atoms with Gasteiger partial charge in [0.1, 0.15) is 6.10 Å². The van der Waals surface area contributed by atoms with Crippen LogP contribution in [0.2, 0.25) is 0 Å². The topological polar surface area (TPSA) is 73.3 Å². The van der Waals surface area contributed by atoms with Crippen LogP contribution in [0.25, 0.3) is 17.2 Å². The molecule has 3 heterocycles. The predicted molar refractivity (Wildman–Crippen MR) is 125 cm³/mol. The molecule has 0 amide bonds. The van der Waals surface area contributed by atoms with Crippen molar-refractivity contribution in [1.82, 2.24) is 4.98 Å². The van der Waals surface area contributed by atoms with Crippen LogP contribution in [0.4, 0.5) is 13.2 Å². The van der Waals surface area contributed by atoms with Gasteiger partial charge in [0, 0.05) is 17.7 Å². The third kappa shape index (κ3) is 4.75. The summed E-state index contributed by atoms with van der Waals surface area (Å²) in [6, 6.07) is 8.60. The third-order valence-corrected chi connectivity index (χ3v) is 9.54. The Labute approximate surface area is 202 Å². The minimum atomic E-state index is -4.41. The molecule has 1 aromatic heterocycles. The molecule has 1 saturated carbocycles. The van der Waals surface area contributed by atoms with Gasteiger partial charge in [-0.2, -0.15) is 13.2 Å². The highest BCUT2D eigenvalue weighted by atomic mass is 32.2. The van der Waals surface area contributed by atoms with Crippen LogP contribution < -0.4 is 0 Å². The van der Waals surface area contributed by atoms with E-state index in [0.29, 0.717) is 29.7 Å². The molecule has 5 rings (SSSR count). The molecule has 1 aliphatic carbocycles. The molecule has 186 valence electrons. The number of allylic oxidation sites excluding steroid dienone is 1. The number of carbonyl (C=O) groups is 1. The van der Waals surface area contributed by atoms with Gasteiger partial charge in [0.25, 0.3) is 0 Å². The van der Waals surface area contributed by atoms with Gasteiger partial charge in [-0.3, -0.25) is 9.78 Å². The van der Waals surface area contributed by atoms with Crippen molar-refractivity contribution in [1.29, 1.82) is 0 Å². The minimum Gasteiger partial charge on any atom is -0.462 e. The van der Waals surface area contributed by atoms with E-state index in [4.69, 9.17) is 4.74 Å². The number of sulfone groups is 1. The molecule has 3 fully saturated rings. The zero-order valence-corrected chi connectivity index (χ0v) is 19.9. The molecule has 0 spiro atoms. The van der Waals surface area contributed by atoms with E-state index in [1.54, 1.807) is 24.4 Å². The fraction of sp³-hybridized carbons (Fsp3) is 0.462. The summed E-state index contributed by atoms with van der Waals surface area (Å²) >= 11 is 0. The van der Waals surface area contributed by atoms with Crippen LogP contribution in [0.15, 0.2) is 48.7 Å². The fourth-order valence-electron chi connectivity index (χ4n) is 6.14. The summed E-state index contributed by atoms with van der Waals surface area (Å²) in [6.45, 7) is 1.89. The molecule has 0 N–H and O–H groups in total. The number of esters is 1. The highest BCUT2D eigenvalue weighted by molar-refractivity contribution is 7.91. The molecule has 3 aliphatic rings. The van der Waals surface area contributed by atoms with E-state index in [-0.39, 0.29) is 53.2 Å². The van der Waals surface area contributed by atoms with E-state index >= 15 is 0 Å². The minimum absolute atomic E-state index is 0.00909. The number of rotatable bonds is 3. The molecular formula is C26H26F3NO4S. The van der Waals surface area contributed by atoms with Crippen molar-refractivity contribution in [3.8, 4) is 11.1 Å². The van der Waals surface area contributed by atoms with Crippen LogP contribution in [-0.2, 0) is 25.5 Å². The van der Waals surface area contributed by atoms with E-state index < -0.39 is 21.6 Å². The number of hydrogen-bond acceptors (Lipinski definition) is 5. The smallest absolute Gasteiger partial charge is 0.416 e. The number of alkyl halides is 3. The molecule has 1 aromatic carbocycles. The quantitative estimate of drug-likeness (QED) is 0.547. The van der Waals surface area contributed by atoms with Gasteiger partial charge in [-0.05, 0) is 67.4 Å². The lowest BCUT2D eigenvalue weighted by Gasteiger charge is -2.45. The van der Waals surface area contributed by atoms with Crippen molar-refractivity contribution in [2.24, 2.45) is 29.6 Å². The molecule has 2 aromatic rings. The van der Waals surface area contributed by atoms with E-state index in [0.717, 1.165) is 12.1 Å². The van der Waals surface area contributed by atoms with Crippen molar-refractivity contribution < 1.29 is 31.1 Å². The summed E-state index contributed by atoms with van der Waals surface area (Å²) < 4.78 is 69.2. The Morgan fingerprint density at radius 3 is 2.66 bits per heavy atom. The van der Waals surface area contributed by atoms with E-state index in [9.17, 15) is 26.4 Å². The number of pyridine rings is 1. The van der Waals surface area contributed by atoms with Crippen LogP contribution in [0.3, 0.4) is 0 Å². The van der Waals surface area contributed by atoms with Crippen LogP contribution in [0, 0.1) is 29.6 Å². The van der Waals surface area contributed by atoms with Crippen molar-refractivity contribution in [2.45, 2.75) is 32.0 Å². The Hall–Kier alpha value is -2.68. The summed E-state index contributed by atoms with van der Waals surface area (Å²) in [5.74, 6) is -0.224. The number of hydrogen-bond donors (Lipinski definition) is 0. The Morgan fingerprint density at radius 1 is 1.14 bits per heavy atom. The first-order valence-electron chi connectivity index (χ1n) is 11.7. The monoisotopic (exact) mass is 505 g/mol. The maximum absolute atomic E-state index is 13.0. The summed E-state index contributed by atoms with van der Waals surface area (Å²) in [5.41, 5.74) is 0.935. The standard InChI is InChI=1S/C26H26F3NO4S/c1-15-24-22(21-9-10-35(32,33)14-18(21)12-23(24)25(31)34-15)8-7-20-6-5-17(13-30-20)16-3-2-4-19(11-16)26(27,28)29/h2-8,11,13,15,18,21-24H,9-10,12,14H2,1H3/b8-7+. The first-order chi connectivity index (χ1) is 16.5. The normalized spacial score (nSPS) is 32.2. The predicted octanol–water partition coefficient (Wildman–Crippen LogP) is 5.03. The number of fused-ring (bicyclic) bond motifs is 2. The molecule has 35 heavy (non-hydrogen) atoms. The molecule has 5 nitrogen and oxygen atoms in total. The van der Waals surface area contributed by atoms with Gasteiger partial charge in [0.05, 0.1) is 28.7 Å². The molecule has 0 radical (unpaired) electrons. The number of nitrogens with zero attached hydrogens (tertiary/aromatic N) is 1. The maximum Gasteiger partial charge on any atom is 0.416 e. The van der Waals surface area contributed by atoms with Crippen LogP contribution >= 0.6 is 0 Å². The van der Waals surface area contributed by atoms with Crippen molar-refractivity contribution in [2.75, 3.05) is 11.5 Å². The van der Waals surface area contributed by atoms with Gasteiger partial charge >= 0.3 is 12.1 Å². The van der Waals surface area contributed by atoms with Gasteiger partial charge in [-0.1, -0.05) is 24.3 Å². The molecule has 6 unspecified atom stereocenters. The Bertz CT molecular complexity index is 1260. The second-order valence-electron chi connectivity index (χ2n) is 9.88. The van der Waals surface area contributed by atoms with Crippen molar-refractivity contribution in [3.05, 3.63) is 59.9 Å². The zero-order chi connectivity index (χ0) is 25.0. The first-order valence-corrected chi connectivity index (χ1v) is 13.6. The van der Waals surface area contributed by atoms with Crippen molar-refractivity contribution in [3.63, 3.8) is 0 Å². The second kappa shape index (κ2) is 8.76. The molecule has 0 bridgehead atoms. The summed E-state index contributed by atoms with van der Waals surface area (Å²) in [4.78, 5) is 16.9. The average Bonchev–Trinajstić information content (AvgIpc) is 3.09. The number of aromatic nitrogens is 1. The Morgan fingerprint density at radius 2 is 1.94 bits per heavy atom. The van der Waals surface area contributed by atoms with Gasteiger partial charge in [-0.15, -0.1) is 0 Å².